The number of ether oxygens (including phenoxy) is 1. The summed E-state index contributed by atoms with van der Waals surface area (Å²) in [7, 11) is 1.55. The lowest BCUT2D eigenvalue weighted by Gasteiger charge is -2.06. The van der Waals surface area contributed by atoms with Crippen molar-refractivity contribution < 1.29 is 13.9 Å². The number of methoxy groups -OCH3 is 1. The second-order valence-corrected chi connectivity index (χ2v) is 6.78. The van der Waals surface area contributed by atoms with E-state index in [-0.39, 0.29) is 11.6 Å². The average Bonchev–Trinajstić information content (AvgIpc) is 3.20. The molecule has 1 amide bonds. The van der Waals surface area contributed by atoms with Crippen molar-refractivity contribution >= 4 is 23.2 Å². The molecular weight excluding hydrogens is 407 g/mol. The Hall–Kier alpha value is -3.71. The molecule has 0 radical (unpaired) electrons. The summed E-state index contributed by atoms with van der Waals surface area (Å²) in [5, 5.41) is 7.68. The molecule has 0 spiro atoms. The zero-order chi connectivity index (χ0) is 21.1. The topological polar surface area (TPSA) is 69.0 Å². The second-order valence-electron chi connectivity index (χ2n) is 6.34. The number of hydrogen-bond donors (Lipinski definition) is 1. The third-order valence-electron chi connectivity index (χ3n) is 4.31. The van der Waals surface area contributed by atoms with Crippen LogP contribution in [0, 0.1) is 5.82 Å². The number of benzene rings is 3. The van der Waals surface area contributed by atoms with Crippen molar-refractivity contribution in [2.75, 3.05) is 12.4 Å². The van der Waals surface area contributed by atoms with Gasteiger partial charge in [0.1, 0.15) is 11.6 Å². The van der Waals surface area contributed by atoms with E-state index in [1.54, 1.807) is 67.8 Å². The maximum atomic E-state index is 13.4. The van der Waals surface area contributed by atoms with E-state index in [0.717, 1.165) is 0 Å². The van der Waals surface area contributed by atoms with E-state index in [1.165, 1.54) is 16.8 Å². The van der Waals surface area contributed by atoms with Crippen molar-refractivity contribution in [3.8, 4) is 22.8 Å². The van der Waals surface area contributed by atoms with Gasteiger partial charge in [-0.05, 0) is 60.7 Å². The molecule has 8 heteroatoms. The molecule has 0 aliphatic heterocycles. The Balaban J connectivity index is 1.73. The van der Waals surface area contributed by atoms with Crippen LogP contribution in [0.5, 0.6) is 5.75 Å². The first-order chi connectivity index (χ1) is 14.5. The first-order valence-corrected chi connectivity index (χ1v) is 9.35. The van der Waals surface area contributed by atoms with Crippen LogP contribution in [0.15, 0.2) is 72.8 Å². The molecule has 0 saturated heterocycles. The Labute approximate surface area is 176 Å². The smallest absolute Gasteiger partial charge is 0.295 e. The van der Waals surface area contributed by atoms with Crippen LogP contribution in [0.3, 0.4) is 0 Å². The minimum atomic E-state index is -0.487. The Morgan fingerprint density at radius 2 is 1.80 bits per heavy atom. The fourth-order valence-electron chi connectivity index (χ4n) is 2.84. The Morgan fingerprint density at radius 3 is 2.50 bits per heavy atom. The van der Waals surface area contributed by atoms with Crippen molar-refractivity contribution in [1.82, 2.24) is 14.8 Å². The maximum Gasteiger partial charge on any atom is 0.295 e. The van der Waals surface area contributed by atoms with Crippen molar-refractivity contribution in [1.29, 1.82) is 0 Å². The number of hydrogen-bond acceptors (Lipinski definition) is 4. The quantitative estimate of drug-likeness (QED) is 0.492. The predicted octanol–water partition coefficient (Wildman–Crippen LogP) is 4.99. The third kappa shape index (κ3) is 4.16. The van der Waals surface area contributed by atoms with Crippen LogP contribution in [0.4, 0.5) is 10.1 Å². The molecule has 0 aliphatic carbocycles. The summed E-state index contributed by atoms with van der Waals surface area (Å²) in [6.45, 7) is 0. The zero-order valence-electron chi connectivity index (χ0n) is 15.8. The molecule has 4 rings (SSSR count). The van der Waals surface area contributed by atoms with Crippen LogP contribution in [0.2, 0.25) is 5.02 Å². The molecule has 0 bridgehead atoms. The Bertz CT molecular complexity index is 1130. The van der Waals surface area contributed by atoms with Crippen LogP contribution in [-0.2, 0) is 0 Å². The monoisotopic (exact) mass is 422 g/mol. The van der Waals surface area contributed by atoms with E-state index < -0.39 is 5.91 Å². The van der Waals surface area contributed by atoms with Crippen LogP contribution >= 0.6 is 11.6 Å². The number of aromatic nitrogens is 3. The standard InChI is InChI=1S/C22H16ClFN4O2/c1-30-19-4-2-3-17(13-19)25-22(29)20-26-21(14-5-7-15(23)8-6-14)28(27-20)18-11-9-16(24)10-12-18/h2-13H,1H3,(H,25,29). The van der Waals surface area contributed by atoms with Gasteiger partial charge in [-0.1, -0.05) is 17.7 Å². The van der Waals surface area contributed by atoms with Crippen LogP contribution < -0.4 is 10.1 Å². The van der Waals surface area contributed by atoms with Crippen molar-refractivity contribution in [2.24, 2.45) is 0 Å². The number of carbonyl (C=O) groups is 1. The fourth-order valence-corrected chi connectivity index (χ4v) is 2.97. The number of nitrogens with zero attached hydrogens (tertiary/aromatic N) is 3. The van der Waals surface area contributed by atoms with Gasteiger partial charge in [0.25, 0.3) is 5.91 Å². The van der Waals surface area contributed by atoms with Gasteiger partial charge >= 0.3 is 0 Å². The minimum absolute atomic E-state index is 0.0351. The fraction of sp³-hybridized carbons (Fsp3) is 0.0455. The van der Waals surface area contributed by atoms with E-state index in [4.69, 9.17) is 16.3 Å². The average molecular weight is 423 g/mol. The van der Waals surface area contributed by atoms with E-state index in [1.807, 2.05) is 0 Å². The van der Waals surface area contributed by atoms with Gasteiger partial charge < -0.3 is 10.1 Å². The normalized spacial score (nSPS) is 10.6. The molecule has 3 aromatic carbocycles. The maximum absolute atomic E-state index is 13.4. The molecule has 1 aromatic heterocycles. The van der Waals surface area contributed by atoms with Gasteiger partial charge in [-0.2, -0.15) is 0 Å². The highest BCUT2D eigenvalue weighted by Crippen LogP contribution is 2.24. The molecule has 0 unspecified atom stereocenters. The van der Waals surface area contributed by atoms with Gasteiger partial charge in [0.2, 0.25) is 5.82 Å². The highest BCUT2D eigenvalue weighted by atomic mass is 35.5. The molecule has 0 atom stereocenters. The van der Waals surface area contributed by atoms with E-state index in [0.29, 0.717) is 33.5 Å². The first kappa shape index (κ1) is 19.6. The molecule has 1 heterocycles. The van der Waals surface area contributed by atoms with Gasteiger partial charge in [0, 0.05) is 22.3 Å². The molecule has 150 valence electrons. The first-order valence-electron chi connectivity index (χ1n) is 8.98. The van der Waals surface area contributed by atoms with Gasteiger partial charge in [-0.15, -0.1) is 5.10 Å². The summed E-state index contributed by atoms with van der Waals surface area (Å²) in [6, 6.07) is 19.7. The summed E-state index contributed by atoms with van der Waals surface area (Å²) in [4.78, 5) is 17.2. The number of rotatable bonds is 5. The lowest BCUT2D eigenvalue weighted by molar-refractivity contribution is 0.101. The molecule has 0 saturated carbocycles. The summed E-state index contributed by atoms with van der Waals surface area (Å²) in [5.41, 5.74) is 1.82. The summed E-state index contributed by atoms with van der Waals surface area (Å²) < 4.78 is 20.0. The predicted molar refractivity (Wildman–Crippen MR) is 113 cm³/mol. The second kappa shape index (κ2) is 8.34. The number of anilines is 1. The molecule has 6 nitrogen and oxygen atoms in total. The van der Waals surface area contributed by atoms with Crippen molar-refractivity contribution in [3.05, 3.63) is 89.5 Å². The lowest BCUT2D eigenvalue weighted by atomic mass is 10.2. The van der Waals surface area contributed by atoms with Crippen LogP contribution in [0.25, 0.3) is 17.1 Å². The number of nitrogens with one attached hydrogen (secondary N) is 1. The highest BCUT2D eigenvalue weighted by Gasteiger charge is 2.19. The minimum Gasteiger partial charge on any atom is -0.497 e. The highest BCUT2D eigenvalue weighted by molar-refractivity contribution is 6.30. The zero-order valence-corrected chi connectivity index (χ0v) is 16.6. The summed E-state index contributed by atoms with van der Waals surface area (Å²) in [6.07, 6.45) is 0. The summed E-state index contributed by atoms with van der Waals surface area (Å²) >= 11 is 5.99. The SMILES string of the molecule is COc1cccc(NC(=O)c2nc(-c3ccc(Cl)cc3)n(-c3ccc(F)cc3)n2)c1. The van der Waals surface area contributed by atoms with Gasteiger partial charge in [-0.25, -0.2) is 14.1 Å². The van der Waals surface area contributed by atoms with E-state index in [2.05, 4.69) is 15.4 Å². The van der Waals surface area contributed by atoms with Crippen molar-refractivity contribution in [3.63, 3.8) is 0 Å². The number of carbonyl (C=O) groups excluding carboxylic acids is 1. The summed E-state index contributed by atoms with van der Waals surface area (Å²) in [5.74, 6) is 0.142. The van der Waals surface area contributed by atoms with Gasteiger partial charge in [-0.3, -0.25) is 4.79 Å². The molecular formula is C22H16ClFN4O2. The van der Waals surface area contributed by atoms with Crippen LogP contribution in [-0.4, -0.2) is 27.8 Å². The molecule has 0 aliphatic rings. The van der Waals surface area contributed by atoms with E-state index >= 15 is 0 Å². The van der Waals surface area contributed by atoms with Gasteiger partial charge in [0.15, 0.2) is 5.82 Å². The number of halogens is 2. The van der Waals surface area contributed by atoms with Crippen LogP contribution in [0.1, 0.15) is 10.6 Å². The Kier molecular flexibility index (Phi) is 5.45. The molecule has 4 aromatic rings. The van der Waals surface area contributed by atoms with E-state index in [9.17, 15) is 9.18 Å². The molecule has 0 fully saturated rings. The molecule has 1 N–H and O–H groups in total. The third-order valence-corrected chi connectivity index (χ3v) is 4.56. The Morgan fingerprint density at radius 1 is 1.07 bits per heavy atom. The number of amides is 1. The lowest BCUT2D eigenvalue weighted by Crippen LogP contribution is -2.14. The largest absolute Gasteiger partial charge is 0.497 e. The van der Waals surface area contributed by atoms with Crippen molar-refractivity contribution in [2.45, 2.75) is 0 Å². The molecule has 30 heavy (non-hydrogen) atoms. The van der Waals surface area contributed by atoms with Gasteiger partial charge in [0.05, 0.1) is 12.8 Å².